The maximum Gasteiger partial charge on any atom is 0.333 e. The number of nitrogens with one attached hydrogen (secondary N) is 1. The monoisotopic (exact) mass is 411 g/mol. The summed E-state index contributed by atoms with van der Waals surface area (Å²) in [6.07, 6.45) is 3.27. The van der Waals surface area contributed by atoms with Crippen molar-refractivity contribution < 1.29 is 0 Å². The van der Waals surface area contributed by atoms with E-state index in [1.807, 2.05) is 29.6 Å². The third kappa shape index (κ3) is 2.55. The highest BCUT2D eigenvalue weighted by Gasteiger charge is 2.16. The number of hydrogen-bond donors (Lipinski definition) is 1. The second kappa shape index (κ2) is 6.16. The Morgan fingerprint density at radius 2 is 1.96 bits per heavy atom. The van der Waals surface area contributed by atoms with Gasteiger partial charge in [-0.15, -0.1) is 22.7 Å². The van der Waals surface area contributed by atoms with Gasteiger partial charge in [-0.1, -0.05) is 29.8 Å². The van der Waals surface area contributed by atoms with E-state index in [1.54, 1.807) is 24.5 Å². The Morgan fingerprint density at radius 1 is 1.11 bits per heavy atom. The number of fused-ring (bicyclic) bond motifs is 2. The van der Waals surface area contributed by atoms with Crippen LogP contribution in [0.1, 0.15) is 0 Å². The SMILES string of the molecule is O=c1[nH]c2cc(-c3ccccc3Cl)sc2c(=O)n1-c1cncc2sccc12. The maximum absolute atomic E-state index is 13.1. The van der Waals surface area contributed by atoms with Crippen molar-refractivity contribution in [2.45, 2.75) is 0 Å². The molecule has 0 aliphatic heterocycles. The van der Waals surface area contributed by atoms with Gasteiger partial charge in [0, 0.05) is 27.0 Å². The molecule has 0 unspecified atom stereocenters. The van der Waals surface area contributed by atoms with Crippen molar-refractivity contribution in [3.8, 4) is 16.1 Å². The van der Waals surface area contributed by atoms with Crippen molar-refractivity contribution in [1.82, 2.24) is 14.5 Å². The summed E-state index contributed by atoms with van der Waals surface area (Å²) in [5.41, 5.74) is 0.962. The Hall–Kier alpha value is -2.74. The van der Waals surface area contributed by atoms with Crippen LogP contribution in [0.3, 0.4) is 0 Å². The van der Waals surface area contributed by atoms with Crippen LogP contribution in [0.4, 0.5) is 0 Å². The fourth-order valence-electron chi connectivity index (χ4n) is 3.08. The molecule has 0 aliphatic carbocycles. The number of benzene rings is 1. The van der Waals surface area contributed by atoms with E-state index in [4.69, 9.17) is 11.6 Å². The van der Waals surface area contributed by atoms with Gasteiger partial charge in [0.05, 0.1) is 22.1 Å². The molecule has 0 aliphatic rings. The lowest BCUT2D eigenvalue weighted by molar-refractivity contribution is 0.906. The predicted octanol–water partition coefficient (Wildman–Crippen LogP) is 4.67. The summed E-state index contributed by atoms with van der Waals surface area (Å²) in [7, 11) is 0. The summed E-state index contributed by atoms with van der Waals surface area (Å²) < 4.78 is 2.54. The molecule has 5 aromatic rings. The van der Waals surface area contributed by atoms with Gasteiger partial charge >= 0.3 is 5.69 Å². The normalized spacial score (nSPS) is 11.4. The summed E-state index contributed by atoms with van der Waals surface area (Å²) >= 11 is 9.10. The van der Waals surface area contributed by atoms with E-state index < -0.39 is 5.69 Å². The van der Waals surface area contributed by atoms with Crippen LogP contribution in [0.2, 0.25) is 5.02 Å². The molecule has 1 N–H and O–H groups in total. The molecular weight excluding hydrogens is 402 g/mol. The molecule has 0 saturated heterocycles. The molecule has 0 spiro atoms. The topological polar surface area (TPSA) is 67.8 Å². The average molecular weight is 412 g/mol. The molecule has 1 aromatic carbocycles. The lowest BCUT2D eigenvalue weighted by Gasteiger charge is -2.05. The van der Waals surface area contributed by atoms with Crippen LogP contribution in [0.15, 0.2) is 63.8 Å². The molecule has 0 fully saturated rings. The van der Waals surface area contributed by atoms with Gasteiger partial charge in [0.2, 0.25) is 0 Å². The summed E-state index contributed by atoms with van der Waals surface area (Å²) in [5, 5.41) is 3.33. The summed E-state index contributed by atoms with van der Waals surface area (Å²) in [6.45, 7) is 0. The highest BCUT2D eigenvalue weighted by atomic mass is 35.5. The van der Waals surface area contributed by atoms with Gasteiger partial charge in [0.25, 0.3) is 5.56 Å². The maximum atomic E-state index is 13.1. The number of aromatic amines is 1. The standard InChI is InChI=1S/C19H10ClN3O2S2/c20-12-4-2-1-3-10(12)15-7-13-17(27-15)18(24)23(19(25)22-13)14-8-21-9-16-11(14)5-6-26-16/h1-9H,(H,22,25). The third-order valence-corrected chi connectivity index (χ3v) is 6.65. The minimum Gasteiger partial charge on any atom is -0.306 e. The first kappa shape index (κ1) is 16.4. The van der Waals surface area contributed by atoms with Crippen LogP contribution < -0.4 is 11.2 Å². The van der Waals surface area contributed by atoms with Gasteiger partial charge in [-0.3, -0.25) is 9.78 Å². The largest absolute Gasteiger partial charge is 0.333 e. The number of nitrogens with zero attached hydrogens (tertiary/aromatic N) is 2. The molecule has 0 radical (unpaired) electrons. The predicted molar refractivity (Wildman–Crippen MR) is 112 cm³/mol. The number of aromatic nitrogens is 3. The van der Waals surface area contributed by atoms with Gasteiger partial charge < -0.3 is 4.98 Å². The number of H-pyrrole nitrogens is 1. The van der Waals surface area contributed by atoms with Crippen LogP contribution in [0.5, 0.6) is 0 Å². The van der Waals surface area contributed by atoms with Gasteiger partial charge in [-0.25, -0.2) is 9.36 Å². The van der Waals surface area contributed by atoms with Crippen molar-refractivity contribution >= 4 is 54.6 Å². The summed E-state index contributed by atoms with van der Waals surface area (Å²) in [5.74, 6) is 0. The number of hydrogen-bond acceptors (Lipinski definition) is 5. The lowest BCUT2D eigenvalue weighted by atomic mass is 10.2. The molecule has 0 saturated carbocycles. The van der Waals surface area contributed by atoms with Gasteiger partial charge in [0.1, 0.15) is 4.70 Å². The van der Waals surface area contributed by atoms with Gasteiger partial charge in [0.15, 0.2) is 0 Å². The molecule has 5 rings (SSSR count). The van der Waals surface area contributed by atoms with Crippen molar-refractivity contribution in [2.75, 3.05) is 0 Å². The Labute approximate surface area is 165 Å². The van der Waals surface area contributed by atoms with Crippen LogP contribution in [-0.2, 0) is 0 Å². The minimum absolute atomic E-state index is 0.363. The number of rotatable bonds is 2. The zero-order valence-electron chi connectivity index (χ0n) is 13.6. The molecule has 132 valence electrons. The minimum atomic E-state index is -0.489. The molecule has 8 heteroatoms. The second-order valence-corrected chi connectivity index (χ2v) is 8.30. The molecule has 4 heterocycles. The number of thiophene rings is 2. The van der Waals surface area contributed by atoms with Gasteiger partial charge in [-0.05, 0) is 23.6 Å². The summed E-state index contributed by atoms with van der Waals surface area (Å²) in [4.78, 5) is 33.6. The van der Waals surface area contributed by atoms with E-state index in [9.17, 15) is 9.59 Å². The molecule has 4 aromatic heterocycles. The third-order valence-electron chi connectivity index (χ3n) is 4.31. The fraction of sp³-hybridized carbons (Fsp3) is 0. The van der Waals surface area contributed by atoms with E-state index >= 15 is 0 Å². The average Bonchev–Trinajstić information content (AvgIpc) is 3.29. The molecule has 5 nitrogen and oxygen atoms in total. The molecule has 0 amide bonds. The second-order valence-electron chi connectivity index (χ2n) is 5.90. The van der Waals surface area contributed by atoms with Crippen LogP contribution in [-0.4, -0.2) is 14.5 Å². The zero-order valence-corrected chi connectivity index (χ0v) is 16.0. The van der Waals surface area contributed by atoms with E-state index in [1.165, 1.54) is 22.7 Å². The quantitative estimate of drug-likeness (QED) is 0.459. The van der Waals surface area contributed by atoms with E-state index in [2.05, 4.69) is 9.97 Å². The van der Waals surface area contributed by atoms with Gasteiger partial charge in [-0.2, -0.15) is 0 Å². The Balaban J connectivity index is 1.81. The molecule has 0 atom stereocenters. The van der Waals surface area contributed by atoms with Crippen molar-refractivity contribution in [3.63, 3.8) is 0 Å². The van der Waals surface area contributed by atoms with Crippen LogP contribution >= 0.6 is 34.3 Å². The Morgan fingerprint density at radius 3 is 2.81 bits per heavy atom. The molecule has 0 bridgehead atoms. The zero-order chi connectivity index (χ0) is 18.5. The first-order valence-electron chi connectivity index (χ1n) is 7.99. The Bertz CT molecular complexity index is 1440. The smallest absolute Gasteiger partial charge is 0.306 e. The molecule has 27 heavy (non-hydrogen) atoms. The number of halogens is 1. The first-order chi connectivity index (χ1) is 13.1. The first-order valence-corrected chi connectivity index (χ1v) is 10.1. The summed E-state index contributed by atoms with van der Waals surface area (Å²) in [6, 6.07) is 11.1. The van der Waals surface area contributed by atoms with E-state index in [0.29, 0.717) is 20.9 Å². The van der Waals surface area contributed by atoms with E-state index in [-0.39, 0.29) is 5.56 Å². The Kier molecular flexibility index (Phi) is 3.75. The highest BCUT2D eigenvalue weighted by molar-refractivity contribution is 7.22. The molecular formula is C19H10ClN3O2S2. The number of pyridine rings is 1. The lowest BCUT2D eigenvalue weighted by Crippen LogP contribution is -2.33. The van der Waals surface area contributed by atoms with E-state index in [0.717, 1.165) is 25.1 Å². The van der Waals surface area contributed by atoms with Crippen molar-refractivity contribution in [2.24, 2.45) is 0 Å². The highest BCUT2D eigenvalue weighted by Crippen LogP contribution is 2.35. The van der Waals surface area contributed by atoms with Crippen molar-refractivity contribution in [1.29, 1.82) is 0 Å². The van der Waals surface area contributed by atoms with Crippen molar-refractivity contribution in [3.05, 3.63) is 80.0 Å². The van der Waals surface area contributed by atoms with Crippen LogP contribution in [0, 0.1) is 0 Å². The van der Waals surface area contributed by atoms with Crippen LogP contribution in [0.25, 0.3) is 36.4 Å². The fourth-order valence-corrected chi connectivity index (χ4v) is 5.22.